The van der Waals surface area contributed by atoms with Gasteiger partial charge in [-0.3, -0.25) is 0 Å². The summed E-state index contributed by atoms with van der Waals surface area (Å²) < 4.78 is 26.2. The van der Waals surface area contributed by atoms with Gasteiger partial charge in [-0.05, 0) is 38.0 Å². The Balaban J connectivity index is 1.93. The average molecular weight is 343 g/mol. The predicted molar refractivity (Wildman–Crippen MR) is 93.4 cm³/mol. The Morgan fingerprint density at radius 1 is 1.24 bits per heavy atom. The molecule has 2 aromatic rings. The number of methoxy groups -OCH3 is 1. The summed E-state index contributed by atoms with van der Waals surface area (Å²) in [5, 5.41) is 3.45. The number of nitrogens with one attached hydrogen (secondary N) is 1. The third-order valence-electron chi connectivity index (χ3n) is 5.43. The fourth-order valence-electron chi connectivity index (χ4n) is 4.39. The monoisotopic (exact) mass is 343 g/mol. The number of aromatic nitrogens is 2. The first kappa shape index (κ1) is 16.3. The maximum atomic E-state index is 14.9. The lowest BCUT2D eigenvalue weighted by atomic mass is 9.67. The summed E-state index contributed by atoms with van der Waals surface area (Å²) in [7, 11) is 1.51. The summed E-state index contributed by atoms with van der Waals surface area (Å²) in [6, 6.07) is 3.43. The first-order valence-electron chi connectivity index (χ1n) is 8.46. The van der Waals surface area contributed by atoms with Gasteiger partial charge in [-0.2, -0.15) is 0 Å². The molecule has 6 heteroatoms. The molecule has 0 amide bonds. The molecule has 3 heterocycles. The van der Waals surface area contributed by atoms with Gasteiger partial charge in [0.15, 0.2) is 0 Å². The molecular weight excluding hydrogens is 321 g/mol. The first-order valence-corrected chi connectivity index (χ1v) is 8.46. The lowest BCUT2D eigenvalue weighted by molar-refractivity contribution is 0.0352. The Bertz CT molecular complexity index is 839. The van der Waals surface area contributed by atoms with Crippen LogP contribution in [0.1, 0.15) is 32.8 Å². The van der Waals surface area contributed by atoms with Crippen molar-refractivity contribution in [3.63, 3.8) is 0 Å². The van der Waals surface area contributed by atoms with Gasteiger partial charge in [-0.1, -0.05) is 6.92 Å². The highest BCUT2D eigenvalue weighted by atomic mass is 19.1. The Labute approximate surface area is 146 Å². The number of halogens is 1. The fourth-order valence-corrected chi connectivity index (χ4v) is 4.39. The van der Waals surface area contributed by atoms with Crippen LogP contribution in [0.25, 0.3) is 11.3 Å². The van der Waals surface area contributed by atoms with Gasteiger partial charge in [0.2, 0.25) is 5.88 Å². The van der Waals surface area contributed by atoms with E-state index in [4.69, 9.17) is 9.47 Å². The van der Waals surface area contributed by atoms with Crippen LogP contribution in [0.2, 0.25) is 0 Å². The summed E-state index contributed by atoms with van der Waals surface area (Å²) in [4.78, 5) is 8.43. The van der Waals surface area contributed by atoms with E-state index in [2.05, 4.69) is 36.1 Å². The first-order chi connectivity index (χ1) is 11.9. The number of fused-ring (bicyclic) bond motifs is 3. The molecule has 2 unspecified atom stereocenters. The molecule has 1 saturated heterocycles. The largest absolute Gasteiger partial charge is 0.479 e. The number of nitrogens with zero attached hydrogens (tertiary/aromatic N) is 2. The molecule has 1 aromatic carbocycles. The highest BCUT2D eigenvalue weighted by Crippen LogP contribution is 2.51. The van der Waals surface area contributed by atoms with E-state index in [9.17, 15) is 4.39 Å². The van der Waals surface area contributed by atoms with Crippen LogP contribution >= 0.6 is 0 Å². The Morgan fingerprint density at radius 2 is 2.00 bits per heavy atom. The van der Waals surface area contributed by atoms with E-state index < -0.39 is 0 Å². The molecule has 0 bridgehead atoms. The molecule has 0 saturated carbocycles. The van der Waals surface area contributed by atoms with Gasteiger partial charge >= 0.3 is 0 Å². The second kappa shape index (κ2) is 5.39. The molecule has 2 aliphatic heterocycles. The summed E-state index contributed by atoms with van der Waals surface area (Å²) in [6.45, 7) is 7.10. The second-order valence-electron chi connectivity index (χ2n) is 7.56. The minimum Gasteiger partial charge on any atom is -0.479 e. The van der Waals surface area contributed by atoms with E-state index in [1.165, 1.54) is 13.3 Å². The van der Waals surface area contributed by atoms with E-state index in [-0.39, 0.29) is 22.9 Å². The van der Waals surface area contributed by atoms with Crippen molar-refractivity contribution in [3.05, 3.63) is 35.9 Å². The van der Waals surface area contributed by atoms with Crippen LogP contribution in [0.15, 0.2) is 24.5 Å². The van der Waals surface area contributed by atoms with Crippen molar-refractivity contribution in [2.75, 3.05) is 19.0 Å². The number of anilines is 1. The Hall–Kier alpha value is -2.21. The highest BCUT2D eigenvalue weighted by Gasteiger charge is 2.53. The zero-order valence-electron chi connectivity index (χ0n) is 14.9. The molecule has 1 aromatic heterocycles. The fraction of sp³-hybridized carbons (Fsp3) is 0.474. The average Bonchev–Trinajstić information content (AvgIpc) is 2.98. The zero-order chi connectivity index (χ0) is 17.8. The van der Waals surface area contributed by atoms with Crippen LogP contribution < -0.4 is 10.1 Å². The molecule has 0 spiro atoms. The summed E-state index contributed by atoms with van der Waals surface area (Å²) >= 11 is 0. The lowest BCUT2D eigenvalue weighted by Crippen LogP contribution is -2.56. The van der Waals surface area contributed by atoms with Gasteiger partial charge in [-0.15, -0.1) is 0 Å². The van der Waals surface area contributed by atoms with Gasteiger partial charge < -0.3 is 14.8 Å². The maximum absolute atomic E-state index is 14.9. The van der Waals surface area contributed by atoms with Crippen molar-refractivity contribution in [1.82, 2.24) is 9.97 Å². The molecule has 25 heavy (non-hydrogen) atoms. The molecule has 0 aliphatic carbocycles. The molecule has 2 atom stereocenters. The van der Waals surface area contributed by atoms with Crippen LogP contribution in [-0.4, -0.2) is 35.3 Å². The predicted octanol–water partition coefficient (Wildman–Crippen LogP) is 3.54. The molecule has 5 nitrogen and oxygen atoms in total. The zero-order valence-corrected chi connectivity index (χ0v) is 14.9. The third kappa shape index (κ3) is 2.31. The van der Waals surface area contributed by atoms with Crippen LogP contribution in [0.3, 0.4) is 0 Å². The van der Waals surface area contributed by atoms with E-state index in [1.54, 1.807) is 12.3 Å². The van der Waals surface area contributed by atoms with Crippen LogP contribution in [-0.2, 0) is 10.2 Å². The summed E-state index contributed by atoms with van der Waals surface area (Å²) in [5.41, 5.74) is 2.24. The minimum atomic E-state index is -0.346. The van der Waals surface area contributed by atoms with Crippen molar-refractivity contribution in [3.8, 4) is 17.1 Å². The maximum Gasteiger partial charge on any atom is 0.240 e. The third-order valence-corrected chi connectivity index (χ3v) is 5.43. The van der Waals surface area contributed by atoms with E-state index >= 15 is 0 Å². The second-order valence-corrected chi connectivity index (χ2v) is 7.56. The van der Waals surface area contributed by atoms with Gasteiger partial charge in [0.25, 0.3) is 0 Å². The standard InChI is InChI=1S/C19H22FN3O2/c1-18(2)17-19(3,5-8-25-17)12-9-11(13(20)10-14(12)23-18)15-16(24-4)22-7-6-21-15/h6-7,9-10,17,23H,5,8H2,1-4H3. The van der Waals surface area contributed by atoms with Gasteiger partial charge in [0.05, 0.1) is 18.8 Å². The highest BCUT2D eigenvalue weighted by molar-refractivity contribution is 5.72. The SMILES string of the molecule is COc1nccnc1-c1cc2c(cc1F)NC(C)(C)C1OCCC21C. The molecule has 1 fully saturated rings. The van der Waals surface area contributed by atoms with Crippen molar-refractivity contribution in [2.45, 2.75) is 44.2 Å². The molecule has 4 rings (SSSR count). The van der Waals surface area contributed by atoms with E-state index in [0.29, 0.717) is 23.7 Å². The van der Waals surface area contributed by atoms with Gasteiger partial charge in [0.1, 0.15) is 11.5 Å². The summed E-state index contributed by atoms with van der Waals surface area (Å²) in [6.07, 6.45) is 4.00. The van der Waals surface area contributed by atoms with Crippen molar-refractivity contribution >= 4 is 5.69 Å². The smallest absolute Gasteiger partial charge is 0.240 e. The van der Waals surface area contributed by atoms with E-state index in [1.807, 2.05) is 6.07 Å². The van der Waals surface area contributed by atoms with Crippen molar-refractivity contribution in [1.29, 1.82) is 0 Å². The van der Waals surface area contributed by atoms with Crippen LogP contribution in [0.5, 0.6) is 5.88 Å². The number of hydrogen-bond donors (Lipinski definition) is 1. The normalized spacial score (nSPS) is 26.5. The Morgan fingerprint density at radius 3 is 2.76 bits per heavy atom. The number of rotatable bonds is 2. The summed E-state index contributed by atoms with van der Waals surface area (Å²) in [5.74, 6) is -0.0309. The number of hydrogen-bond acceptors (Lipinski definition) is 5. The molecular formula is C19H22FN3O2. The molecule has 132 valence electrons. The molecule has 1 N–H and O–H groups in total. The molecule has 2 aliphatic rings. The number of ether oxygens (including phenoxy) is 2. The van der Waals surface area contributed by atoms with Gasteiger partial charge in [-0.25, -0.2) is 14.4 Å². The Kier molecular flexibility index (Phi) is 3.51. The quantitative estimate of drug-likeness (QED) is 0.904. The molecule has 0 radical (unpaired) electrons. The topological polar surface area (TPSA) is 56.3 Å². The van der Waals surface area contributed by atoms with Crippen LogP contribution in [0.4, 0.5) is 10.1 Å². The van der Waals surface area contributed by atoms with Crippen molar-refractivity contribution < 1.29 is 13.9 Å². The van der Waals surface area contributed by atoms with Crippen LogP contribution in [0, 0.1) is 5.82 Å². The number of benzene rings is 1. The van der Waals surface area contributed by atoms with E-state index in [0.717, 1.165) is 17.7 Å². The van der Waals surface area contributed by atoms with Gasteiger partial charge in [0, 0.05) is 35.7 Å². The lowest BCUT2D eigenvalue weighted by Gasteiger charge is -2.48. The van der Waals surface area contributed by atoms with Crippen molar-refractivity contribution in [2.24, 2.45) is 0 Å². The minimum absolute atomic E-state index is 0.0227.